The van der Waals surface area contributed by atoms with E-state index < -0.39 is 0 Å². The van der Waals surface area contributed by atoms with Crippen molar-refractivity contribution in [3.63, 3.8) is 0 Å². The van der Waals surface area contributed by atoms with Crippen LogP contribution in [-0.4, -0.2) is 10.1 Å². The van der Waals surface area contributed by atoms with Crippen LogP contribution in [0.5, 0.6) is 11.6 Å². The van der Waals surface area contributed by atoms with Gasteiger partial charge in [-0.1, -0.05) is 32.9 Å². The molecule has 2 rings (SSSR count). The van der Waals surface area contributed by atoms with Crippen LogP contribution in [0, 0.1) is 0 Å². The van der Waals surface area contributed by atoms with Crippen LogP contribution in [0.2, 0.25) is 0 Å². The standard InChI is InChI=1S/C16H19NO2/c1-16(2,3)13-7-4-8-14(10-13)19-15-12(11-18)6-5-9-17-15/h4-10,18H,11H2,1-3H3. The summed E-state index contributed by atoms with van der Waals surface area (Å²) in [5, 5.41) is 9.26. The van der Waals surface area contributed by atoms with Crippen molar-refractivity contribution >= 4 is 0 Å². The Balaban J connectivity index is 2.29. The third kappa shape index (κ3) is 3.32. The molecular formula is C16H19NO2. The SMILES string of the molecule is CC(C)(C)c1cccc(Oc2ncccc2CO)c1. The number of benzene rings is 1. The van der Waals surface area contributed by atoms with E-state index in [1.165, 1.54) is 5.56 Å². The highest BCUT2D eigenvalue weighted by atomic mass is 16.5. The average Bonchev–Trinajstić information content (AvgIpc) is 2.39. The molecule has 0 saturated carbocycles. The molecule has 1 heterocycles. The molecule has 0 unspecified atom stereocenters. The first-order chi connectivity index (χ1) is 9.00. The minimum atomic E-state index is -0.0812. The van der Waals surface area contributed by atoms with Gasteiger partial charge in [0.05, 0.1) is 6.61 Å². The number of ether oxygens (including phenoxy) is 1. The second-order valence-corrected chi connectivity index (χ2v) is 5.51. The summed E-state index contributed by atoms with van der Waals surface area (Å²) >= 11 is 0. The van der Waals surface area contributed by atoms with Gasteiger partial charge in [-0.3, -0.25) is 0 Å². The zero-order valence-electron chi connectivity index (χ0n) is 11.6. The highest BCUT2D eigenvalue weighted by molar-refractivity contribution is 5.36. The van der Waals surface area contributed by atoms with E-state index in [-0.39, 0.29) is 12.0 Å². The molecule has 0 fully saturated rings. The van der Waals surface area contributed by atoms with E-state index >= 15 is 0 Å². The van der Waals surface area contributed by atoms with E-state index in [1.54, 1.807) is 18.3 Å². The molecular weight excluding hydrogens is 238 g/mol. The van der Waals surface area contributed by atoms with Crippen molar-refractivity contribution in [3.8, 4) is 11.6 Å². The Morgan fingerprint density at radius 3 is 2.63 bits per heavy atom. The number of nitrogens with zero attached hydrogens (tertiary/aromatic N) is 1. The zero-order valence-corrected chi connectivity index (χ0v) is 11.6. The summed E-state index contributed by atoms with van der Waals surface area (Å²) in [6.45, 7) is 6.40. The lowest BCUT2D eigenvalue weighted by molar-refractivity contribution is 0.275. The highest BCUT2D eigenvalue weighted by Gasteiger charge is 2.14. The third-order valence-electron chi connectivity index (χ3n) is 2.93. The monoisotopic (exact) mass is 257 g/mol. The Bertz CT molecular complexity index is 559. The van der Waals surface area contributed by atoms with E-state index in [2.05, 4.69) is 31.8 Å². The lowest BCUT2D eigenvalue weighted by Crippen LogP contribution is -2.10. The summed E-state index contributed by atoms with van der Waals surface area (Å²) in [6.07, 6.45) is 1.65. The van der Waals surface area contributed by atoms with Gasteiger partial charge >= 0.3 is 0 Å². The molecule has 100 valence electrons. The lowest BCUT2D eigenvalue weighted by Gasteiger charge is -2.19. The summed E-state index contributed by atoms with van der Waals surface area (Å²) in [5.41, 5.74) is 1.96. The number of hydrogen-bond acceptors (Lipinski definition) is 3. The number of pyridine rings is 1. The molecule has 0 bridgehead atoms. The van der Waals surface area contributed by atoms with Crippen molar-refractivity contribution in [2.24, 2.45) is 0 Å². The van der Waals surface area contributed by atoms with Crippen LogP contribution in [0.1, 0.15) is 31.9 Å². The molecule has 0 aliphatic rings. The number of aromatic nitrogens is 1. The van der Waals surface area contributed by atoms with Gasteiger partial charge in [0.15, 0.2) is 0 Å². The summed E-state index contributed by atoms with van der Waals surface area (Å²) in [4.78, 5) is 4.15. The smallest absolute Gasteiger partial charge is 0.224 e. The van der Waals surface area contributed by atoms with Crippen molar-refractivity contribution in [1.82, 2.24) is 4.98 Å². The number of aliphatic hydroxyl groups excluding tert-OH is 1. The Kier molecular flexibility index (Phi) is 3.86. The van der Waals surface area contributed by atoms with Crippen LogP contribution in [0.3, 0.4) is 0 Å². The van der Waals surface area contributed by atoms with Crippen LogP contribution in [-0.2, 0) is 12.0 Å². The molecule has 0 aliphatic heterocycles. The van der Waals surface area contributed by atoms with Gasteiger partial charge < -0.3 is 9.84 Å². The van der Waals surface area contributed by atoms with Crippen LogP contribution in [0.4, 0.5) is 0 Å². The number of aliphatic hydroxyl groups is 1. The quantitative estimate of drug-likeness (QED) is 0.912. The molecule has 2 aromatic rings. The summed E-state index contributed by atoms with van der Waals surface area (Å²) < 4.78 is 5.77. The lowest BCUT2D eigenvalue weighted by atomic mass is 9.87. The van der Waals surface area contributed by atoms with E-state index in [4.69, 9.17) is 4.74 Å². The predicted octanol–water partition coefficient (Wildman–Crippen LogP) is 3.66. The Labute approximate surface area is 113 Å². The molecule has 1 N–H and O–H groups in total. The fraction of sp³-hybridized carbons (Fsp3) is 0.312. The predicted molar refractivity (Wildman–Crippen MR) is 75.4 cm³/mol. The number of rotatable bonds is 3. The van der Waals surface area contributed by atoms with Crippen LogP contribution >= 0.6 is 0 Å². The zero-order chi connectivity index (χ0) is 13.9. The average molecular weight is 257 g/mol. The Morgan fingerprint density at radius 1 is 1.16 bits per heavy atom. The first-order valence-corrected chi connectivity index (χ1v) is 6.34. The van der Waals surface area contributed by atoms with Gasteiger partial charge in [-0.05, 0) is 35.2 Å². The molecule has 1 aromatic carbocycles. The Hall–Kier alpha value is -1.87. The minimum Gasteiger partial charge on any atom is -0.439 e. The van der Waals surface area contributed by atoms with E-state index in [0.717, 1.165) is 5.75 Å². The van der Waals surface area contributed by atoms with Gasteiger partial charge in [-0.25, -0.2) is 4.98 Å². The maximum Gasteiger partial charge on any atom is 0.224 e. The van der Waals surface area contributed by atoms with Crippen LogP contribution in [0.15, 0.2) is 42.6 Å². The van der Waals surface area contributed by atoms with E-state index in [9.17, 15) is 5.11 Å². The summed E-state index contributed by atoms with van der Waals surface area (Å²) in [7, 11) is 0. The van der Waals surface area contributed by atoms with Crippen molar-refractivity contribution in [2.75, 3.05) is 0 Å². The van der Waals surface area contributed by atoms with Crippen molar-refractivity contribution < 1.29 is 9.84 Å². The Morgan fingerprint density at radius 2 is 1.95 bits per heavy atom. The third-order valence-corrected chi connectivity index (χ3v) is 2.93. The minimum absolute atomic E-state index is 0.0727. The molecule has 0 radical (unpaired) electrons. The van der Waals surface area contributed by atoms with E-state index in [1.807, 2.05) is 18.2 Å². The van der Waals surface area contributed by atoms with Crippen molar-refractivity contribution in [3.05, 3.63) is 53.7 Å². The fourth-order valence-corrected chi connectivity index (χ4v) is 1.77. The molecule has 0 aliphatic carbocycles. The largest absolute Gasteiger partial charge is 0.439 e. The molecule has 19 heavy (non-hydrogen) atoms. The molecule has 1 aromatic heterocycles. The van der Waals surface area contributed by atoms with Crippen LogP contribution in [0.25, 0.3) is 0 Å². The molecule has 3 heteroatoms. The van der Waals surface area contributed by atoms with Gasteiger partial charge in [-0.15, -0.1) is 0 Å². The molecule has 0 saturated heterocycles. The maximum atomic E-state index is 9.26. The van der Waals surface area contributed by atoms with Gasteiger partial charge in [0.2, 0.25) is 5.88 Å². The highest BCUT2D eigenvalue weighted by Crippen LogP contribution is 2.28. The van der Waals surface area contributed by atoms with Crippen molar-refractivity contribution in [1.29, 1.82) is 0 Å². The second kappa shape index (κ2) is 5.41. The van der Waals surface area contributed by atoms with Gasteiger partial charge in [0.25, 0.3) is 0 Å². The molecule has 3 nitrogen and oxygen atoms in total. The maximum absolute atomic E-state index is 9.26. The molecule has 0 amide bonds. The summed E-state index contributed by atoms with van der Waals surface area (Å²) in [5.74, 6) is 1.19. The number of hydrogen-bond donors (Lipinski definition) is 1. The first-order valence-electron chi connectivity index (χ1n) is 6.34. The van der Waals surface area contributed by atoms with Gasteiger partial charge in [-0.2, -0.15) is 0 Å². The van der Waals surface area contributed by atoms with Crippen molar-refractivity contribution in [2.45, 2.75) is 32.8 Å². The second-order valence-electron chi connectivity index (χ2n) is 5.51. The van der Waals surface area contributed by atoms with Gasteiger partial charge in [0.1, 0.15) is 5.75 Å². The topological polar surface area (TPSA) is 42.4 Å². The summed E-state index contributed by atoms with van der Waals surface area (Å²) in [6, 6.07) is 11.5. The van der Waals surface area contributed by atoms with E-state index in [0.29, 0.717) is 11.4 Å². The molecule has 0 spiro atoms. The normalized spacial score (nSPS) is 11.4. The first kappa shape index (κ1) is 13.6. The van der Waals surface area contributed by atoms with Gasteiger partial charge in [0, 0.05) is 11.8 Å². The fourth-order valence-electron chi connectivity index (χ4n) is 1.77. The van der Waals surface area contributed by atoms with Crippen LogP contribution < -0.4 is 4.74 Å². The molecule has 0 atom stereocenters.